The quantitative estimate of drug-likeness (QED) is 0.781. The molecule has 0 aliphatic heterocycles. The van der Waals surface area contributed by atoms with Crippen molar-refractivity contribution in [1.82, 2.24) is 10.3 Å². The summed E-state index contributed by atoms with van der Waals surface area (Å²) in [5.74, 6) is 0.812. The van der Waals surface area contributed by atoms with Gasteiger partial charge in [0.25, 0.3) is 0 Å². The van der Waals surface area contributed by atoms with E-state index in [0.717, 1.165) is 41.5 Å². The van der Waals surface area contributed by atoms with E-state index in [-0.39, 0.29) is 0 Å². The smallest absolute Gasteiger partial charge is 0.130 e. The van der Waals surface area contributed by atoms with Crippen LogP contribution >= 0.6 is 11.6 Å². The molecule has 112 valence electrons. The van der Waals surface area contributed by atoms with Crippen molar-refractivity contribution in [3.8, 4) is 5.75 Å². The summed E-state index contributed by atoms with van der Waals surface area (Å²) in [4.78, 5) is 4.42. The monoisotopic (exact) mass is 304 g/mol. The van der Waals surface area contributed by atoms with Crippen molar-refractivity contribution in [2.45, 2.75) is 33.4 Å². The number of nitrogens with zero attached hydrogens (tertiary/aromatic N) is 1. The van der Waals surface area contributed by atoms with Crippen LogP contribution in [0.15, 0.2) is 36.5 Å². The highest BCUT2D eigenvalue weighted by molar-refractivity contribution is 6.31. The number of benzene rings is 1. The number of ether oxygens (including phenoxy) is 1. The molecule has 21 heavy (non-hydrogen) atoms. The second-order valence-corrected chi connectivity index (χ2v) is 5.44. The molecule has 0 atom stereocenters. The van der Waals surface area contributed by atoms with E-state index < -0.39 is 0 Å². The van der Waals surface area contributed by atoms with Crippen LogP contribution in [0.4, 0.5) is 0 Å². The van der Waals surface area contributed by atoms with Gasteiger partial charge in [0.2, 0.25) is 0 Å². The number of halogens is 1. The van der Waals surface area contributed by atoms with Crippen molar-refractivity contribution in [2.24, 2.45) is 0 Å². The molecule has 2 aromatic rings. The molecule has 0 saturated carbocycles. The first kappa shape index (κ1) is 15.8. The number of nitrogens with one attached hydrogen (secondary N) is 1. The van der Waals surface area contributed by atoms with E-state index in [9.17, 15) is 0 Å². The van der Waals surface area contributed by atoms with E-state index in [4.69, 9.17) is 16.3 Å². The van der Waals surface area contributed by atoms with Crippen molar-refractivity contribution in [2.75, 3.05) is 6.54 Å². The summed E-state index contributed by atoms with van der Waals surface area (Å²) in [5, 5.41) is 4.11. The zero-order chi connectivity index (χ0) is 15.1. The largest absolute Gasteiger partial charge is 0.487 e. The second-order valence-electron chi connectivity index (χ2n) is 5.03. The van der Waals surface area contributed by atoms with Gasteiger partial charge in [-0.15, -0.1) is 0 Å². The zero-order valence-corrected chi connectivity index (χ0v) is 13.3. The molecule has 3 nitrogen and oxygen atoms in total. The lowest BCUT2D eigenvalue weighted by Gasteiger charge is -2.08. The fourth-order valence-corrected chi connectivity index (χ4v) is 2.04. The van der Waals surface area contributed by atoms with Gasteiger partial charge in [0, 0.05) is 17.8 Å². The van der Waals surface area contributed by atoms with E-state index in [1.165, 1.54) is 5.56 Å². The average molecular weight is 305 g/mol. The van der Waals surface area contributed by atoms with Crippen molar-refractivity contribution < 1.29 is 4.74 Å². The van der Waals surface area contributed by atoms with Crippen LogP contribution in [-0.2, 0) is 13.2 Å². The minimum Gasteiger partial charge on any atom is -0.487 e. The van der Waals surface area contributed by atoms with Gasteiger partial charge in [-0.25, -0.2) is 0 Å². The Kier molecular flexibility index (Phi) is 6.03. The lowest BCUT2D eigenvalue weighted by atomic mass is 10.2. The van der Waals surface area contributed by atoms with E-state index >= 15 is 0 Å². The third kappa shape index (κ3) is 5.03. The van der Waals surface area contributed by atoms with Crippen molar-refractivity contribution in [1.29, 1.82) is 0 Å². The average Bonchev–Trinajstić information content (AvgIpc) is 2.50. The summed E-state index contributed by atoms with van der Waals surface area (Å²) >= 11 is 5.99. The van der Waals surface area contributed by atoms with Crippen LogP contribution in [0.2, 0.25) is 5.02 Å². The maximum atomic E-state index is 5.99. The fraction of sp³-hybridized carbons (Fsp3) is 0.353. The molecule has 1 aromatic heterocycles. The fourth-order valence-electron chi connectivity index (χ4n) is 1.92. The highest BCUT2D eigenvalue weighted by atomic mass is 35.5. The normalized spacial score (nSPS) is 10.6. The van der Waals surface area contributed by atoms with Gasteiger partial charge in [-0.1, -0.05) is 24.6 Å². The molecule has 0 unspecified atom stereocenters. The predicted molar refractivity (Wildman–Crippen MR) is 86.8 cm³/mol. The summed E-state index contributed by atoms with van der Waals surface area (Å²) in [5.41, 5.74) is 3.12. The molecule has 0 spiro atoms. The number of rotatable bonds is 7. The molecular formula is C17H21ClN2O. The minimum absolute atomic E-state index is 0.462. The molecule has 0 amide bonds. The third-order valence-electron chi connectivity index (χ3n) is 3.16. The Hall–Kier alpha value is -1.58. The molecule has 2 rings (SSSR count). The van der Waals surface area contributed by atoms with Gasteiger partial charge in [0.15, 0.2) is 0 Å². The van der Waals surface area contributed by atoms with E-state index in [1.54, 1.807) is 0 Å². The first-order chi connectivity index (χ1) is 10.2. The predicted octanol–water partition coefficient (Wildman–Crippen LogP) is 4.12. The third-order valence-corrected chi connectivity index (χ3v) is 3.58. The lowest BCUT2D eigenvalue weighted by molar-refractivity contribution is 0.301. The molecular weight excluding hydrogens is 284 g/mol. The summed E-state index contributed by atoms with van der Waals surface area (Å²) in [7, 11) is 0. The molecule has 4 heteroatoms. The maximum Gasteiger partial charge on any atom is 0.130 e. The molecule has 0 aliphatic carbocycles. The van der Waals surface area contributed by atoms with Crippen molar-refractivity contribution >= 4 is 11.6 Å². The number of aryl methyl sites for hydroxylation is 1. The Morgan fingerprint density at radius 3 is 2.76 bits per heavy atom. The summed E-state index contributed by atoms with van der Waals surface area (Å²) < 4.78 is 5.73. The SMILES string of the molecule is CCCNCc1ccc(COc2ccc(Cl)c(C)c2)nc1. The highest BCUT2D eigenvalue weighted by Crippen LogP contribution is 2.21. The van der Waals surface area contributed by atoms with Crippen molar-refractivity contribution in [3.05, 3.63) is 58.4 Å². The van der Waals surface area contributed by atoms with Crippen LogP contribution < -0.4 is 10.1 Å². The Morgan fingerprint density at radius 2 is 2.10 bits per heavy atom. The number of pyridine rings is 1. The van der Waals surface area contributed by atoms with Gasteiger partial charge >= 0.3 is 0 Å². The summed E-state index contributed by atoms with van der Waals surface area (Å²) in [6.07, 6.45) is 3.04. The van der Waals surface area contributed by atoms with Gasteiger partial charge in [0.05, 0.1) is 5.69 Å². The Morgan fingerprint density at radius 1 is 1.24 bits per heavy atom. The highest BCUT2D eigenvalue weighted by Gasteiger charge is 2.01. The maximum absolute atomic E-state index is 5.99. The van der Waals surface area contributed by atoms with Crippen molar-refractivity contribution in [3.63, 3.8) is 0 Å². The summed E-state index contributed by atoms with van der Waals surface area (Å²) in [6.45, 7) is 6.47. The van der Waals surface area contributed by atoms with E-state index in [1.807, 2.05) is 37.4 Å². The van der Waals surface area contributed by atoms with Crippen LogP contribution in [0, 0.1) is 6.92 Å². The van der Waals surface area contributed by atoms with Gasteiger partial charge < -0.3 is 10.1 Å². The molecule has 0 radical (unpaired) electrons. The van der Waals surface area contributed by atoms with Crippen LogP contribution in [0.5, 0.6) is 5.75 Å². The van der Waals surface area contributed by atoms with E-state index in [2.05, 4.69) is 23.3 Å². The Labute approximate surface area is 131 Å². The molecule has 1 heterocycles. The van der Waals surface area contributed by atoms with Gasteiger partial charge in [0.1, 0.15) is 12.4 Å². The van der Waals surface area contributed by atoms with Gasteiger partial charge in [-0.05, 0) is 55.3 Å². The topological polar surface area (TPSA) is 34.1 Å². The molecule has 0 saturated heterocycles. The van der Waals surface area contributed by atoms with Crippen LogP contribution in [0.1, 0.15) is 30.2 Å². The Balaban J connectivity index is 1.86. The van der Waals surface area contributed by atoms with E-state index in [0.29, 0.717) is 6.61 Å². The number of aromatic nitrogens is 1. The van der Waals surface area contributed by atoms with Gasteiger partial charge in [-0.2, -0.15) is 0 Å². The molecule has 0 aliphatic rings. The first-order valence-corrected chi connectivity index (χ1v) is 7.60. The van der Waals surface area contributed by atoms with Crippen LogP contribution in [-0.4, -0.2) is 11.5 Å². The molecule has 1 N–H and O–H groups in total. The van der Waals surface area contributed by atoms with Crippen LogP contribution in [0.3, 0.4) is 0 Å². The first-order valence-electron chi connectivity index (χ1n) is 7.22. The molecule has 0 bridgehead atoms. The Bertz CT molecular complexity index is 570. The lowest BCUT2D eigenvalue weighted by Crippen LogP contribution is -2.14. The summed E-state index contributed by atoms with van der Waals surface area (Å²) in [6, 6.07) is 9.75. The number of hydrogen-bond acceptors (Lipinski definition) is 3. The molecule has 0 fully saturated rings. The second kappa shape index (κ2) is 8.01. The zero-order valence-electron chi connectivity index (χ0n) is 12.5. The van der Waals surface area contributed by atoms with Gasteiger partial charge in [-0.3, -0.25) is 4.98 Å². The standard InChI is InChI=1S/C17H21ClN2O/c1-3-8-19-10-14-4-5-15(20-11-14)12-21-16-6-7-17(18)13(2)9-16/h4-7,9,11,19H,3,8,10,12H2,1-2H3. The molecule has 1 aromatic carbocycles. The number of hydrogen-bond donors (Lipinski definition) is 1. The minimum atomic E-state index is 0.462. The van der Waals surface area contributed by atoms with Crippen LogP contribution in [0.25, 0.3) is 0 Å².